The van der Waals surface area contributed by atoms with Crippen LogP contribution in [0, 0.1) is 5.92 Å². The van der Waals surface area contributed by atoms with E-state index in [1.54, 1.807) is 0 Å². The van der Waals surface area contributed by atoms with Gasteiger partial charge in [0.25, 0.3) is 0 Å². The second-order valence-corrected chi connectivity index (χ2v) is 6.44. The summed E-state index contributed by atoms with van der Waals surface area (Å²) in [4.78, 5) is 26.3. The van der Waals surface area contributed by atoms with Crippen LogP contribution in [0.3, 0.4) is 0 Å². The van der Waals surface area contributed by atoms with Crippen LogP contribution in [0.2, 0.25) is 0 Å². The Morgan fingerprint density at radius 3 is 2.62 bits per heavy atom. The van der Waals surface area contributed by atoms with Crippen molar-refractivity contribution >= 4 is 17.5 Å². The van der Waals surface area contributed by atoms with Gasteiger partial charge >= 0.3 is 0 Å². The number of nitrogens with one attached hydrogen (secondary N) is 2. The number of amides is 2. The smallest absolute Gasteiger partial charge is 0.238 e. The highest BCUT2D eigenvalue weighted by Crippen LogP contribution is 2.17. The lowest BCUT2D eigenvalue weighted by atomic mass is 9.96. The van der Waals surface area contributed by atoms with Crippen LogP contribution in [0.4, 0.5) is 5.69 Å². The zero-order valence-electron chi connectivity index (χ0n) is 14.8. The fourth-order valence-electron chi connectivity index (χ4n) is 3.02. The summed E-state index contributed by atoms with van der Waals surface area (Å²) in [5.74, 6) is 0.270. The number of rotatable bonds is 7. The van der Waals surface area contributed by atoms with Crippen molar-refractivity contribution in [3.8, 4) is 0 Å². The Bertz CT molecular complexity index is 551. The van der Waals surface area contributed by atoms with Crippen LogP contribution in [0.15, 0.2) is 24.3 Å². The van der Waals surface area contributed by atoms with Gasteiger partial charge in [-0.05, 0) is 56.5 Å². The number of benzene rings is 1. The Kier molecular flexibility index (Phi) is 7.25. The molecule has 1 saturated heterocycles. The Morgan fingerprint density at radius 1 is 1.21 bits per heavy atom. The van der Waals surface area contributed by atoms with E-state index in [2.05, 4.69) is 35.4 Å². The Balaban J connectivity index is 1.74. The molecule has 0 unspecified atom stereocenters. The van der Waals surface area contributed by atoms with Crippen LogP contribution in [0.5, 0.6) is 0 Å². The molecule has 0 aliphatic carbocycles. The molecule has 1 aliphatic heterocycles. The normalized spacial score (nSPS) is 15.9. The summed E-state index contributed by atoms with van der Waals surface area (Å²) in [6, 6.07) is 7.96. The van der Waals surface area contributed by atoms with Crippen molar-refractivity contribution in [1.82, 2.24) is 10.2 Å². The summed E-state index contributed by atoms with van der Waals surface area (Å²) < 4.78 is 0. The van der Waals surface area contributed by atoms with Gasteiger partial charge in [0.2, 0.25) is 11.8 Å². The van der Waals surface area contributed by atoms with Crippen LogP contribution >= 0.6 is 0 Å². The van der Waals surface area contributed by atoms with Gasteiger partial charge in [0, 0.05) is 18.2 Å². The van der Waals surface area contributed by atoms with E-state index in [4.69, 9.17) is 0 Å². The lowest BCUT2D eigenvalue weighted by molar-refractivity contribution is -0.126. The molecule has 1 aliphatic rings. The number of carbonyl (C=O) groups is 2. The van der Waals surface area contributed by atoms with Crippen LogP contribution < -0.4 is 10.6 Å². The summed E-state index contributed by atoms with van der Waals surface area (Å²) in [6.45, 7) is 6.89. The molecule has 2 amide bonds. The molecule has 132 valence electrons. The van der Waals surface area contributed by atoms with Crippen molar-refractivity contribution in [1.29, 1.82) is 0 Å². The first-order valence-electron chi connectivity index (χ1n) is 9.01. The zero-order valence-corrected chi connectivity index (χ0v) is 14.8. The molecule has 2 rings (SSSR count). The monoisotopic (exact) mass is 331 g/mol. The van der Waals surface area contributed by atoms with E-state index in [0.29, 0.717) is 6.54 Å². The second kappa shape index (κ2) is 9.42. The molecule has 0 bridgehead atoms. The predicted octanol–water partition coefficient (Wildman–Crippen LogP) is 2.43. The topological polar surface area (TPSA) is 61.4 Å². The summed E-state index contributed by atoms with van der Waals surface area (Å²) in [5.41, 5.74) is 2.07. The quantitative estimate of drug-likeness (QED) is 0.807. The van der Waals surface area contributed by atoms with Gasteiger partial charge in [-0.15, -0.1) is 0 Å². The van der Waals surface area contributed by atoms with Gasteiger partial charge in [0.05, 0.1) is 6.54 Å². The average Bonchev–Trinajstić information content (AvgIpc) is 2.60. The number of hydrogen-bond donors (Lipinski definition) is 2. The minimum atomic E-state index is 0.0112. The molecule has 5 nitrogen and oxygen atoms in total. The van der Waals surface area contributed by atoms with E-state index in [9.17, 15) is 9.59 Å². The number of hydrogen-bond acceptors (Lipinski definition) is 3. The fraction of sp³-hybridized carbons (Fsp3) is 0.579. The molecule has 0 aromatic heterocycles. The summed E-state index contributed by atoms with van der Waals surface area (Å²) in [7, 11) is 0. The number of piperidine rings is 1. The van der Waals surface area contributed by atoms with E-state index >= 15 is 0 Å². The van der Waals surface area contributed by atoms with Crippen molar-refractivity contribution in [2.24, 2.45) is 5.92 Å². The predicted molar refractivity (Wildman–Crippen MR) is 96.9 cm³/mol. The van der Waals surface area contributed by atoms with Gasteiger partial charge in [-0.1, -0.05) is 26.0 Å². The first-order valence-corrected chi connectivity index (χ1v) is 9.01. The average molecular weight is 331 g/mol. The third kappa shape index (κ3) is 5.64. The standard InChI is InChI=1S/C19H29N3O2/c1-3-10-20-19(24)16-8-11-22(12-9-16)14-18(23)21-17-7-5-6-15(4-2)13-17/h5-7,13,16H,3-4,8-12,14H2,1-2H3,(H,20,24)(H,21,23). The van der Waals surface area contributed by atoms with Crippen LogP contribution in [0.25, 0.3) is 0 Å². The Labute approximate surface area is 144 Å². The maximum Gasteiger partial charge on any atom is 0.238 e. The SMILES string of the molecule is CCCNC(=O)C1CCN(CC(=O)Nc2cccc(CC)c2)CC1. The maximum atomic E-state index is 12.2. The summed E-state index contributed by atoms with van der Waals surface area (Å²) >= 11 is 0. The Morgan fingerprint density at radius 2 is 1.96 bits per heavy atom. The highest BCUT2D eigenvalue weighted by atomic mass is 16.2. The third-order valence-corrected chi connectivity index (χ3v) is 4.49. The van der Waals surface area contributed by atoms with Gasteiger partial charge in [-0.25, -0.2) is 0 Å². The van der Waals surface area contributed by atoms with Gasteiger partial charge in [0.15, 0.2) is 0 Å². The lowest BCUT2D eigenvalue weighted by Gasteiger charge is -2.30. The molecule has 1 aromatic rings. The largest absolute Gasteiger partial charge is 0.356 e. The molecule has 1 fully saturated rings. The van der Waals surface area contributed by atoms with Crippen molar-refractivity contribution < 1.29 is 9.59 Å². The number of anilines is 1. The molecule has 5 heteroatoms. The molecule has 0 atom stereocenters. The first-order chi connectivity index (χ1) is 11.6. The van der Waals surface area contributed by atoms with E-state index in [1.807, 2.05) is 18.2 Å². The number of carbonyl (C=O) groups excluding carboxylic acids is 2. The minimum Gasteiger partial charge on any atom is -0.356 e. The summed E-state index contributed by atoms with van der Waals surface area (Å²) in [5, 5.41) is 5.93. The molecule has 0 spiro atoms. The molecule has 1 heterocycles. The third-order valence-electron chi connectivity index (χ3n) is 4.49. The van der Waals surface area contributed by atoms with Gasteiger partial charge < -0.3 is 10.6 Å². The van der Waals surface area contributed by atoms with Crippen LogP contribution in [-0.4, -0.2) is 42.9 Å². The van der Waals surface area contributed by atoms with Gasteiger partial charge in [0.1, 0.15) is 0 Å². The molecule has 1 aromatic carbocycles. The van der Waals surface area contributed by atoms with E-state index in [-0.39, 0.29) is 17.7 Å². The van der Waals surface area contributed by atoms with E-state index < -0.39 is 0 Å². The highest BCUT2D eigenvalue weighted by Gasteiger charge is 2.25. The fourth-order valence-corrected chi connectivity index (χ4v) is 3.02. The molecule has 0 radical (unpaired) electrons. The van der Waals surface area contributed by atoms with Crippen molar-refractivity contribution in [3.63, 3.8) is 0 Å². The molecule has 0 saturated carbocycles. The Hall–Kier alpha value is -1.88. The summed E-state index contributed by atoms with van der Waals surface area (Å²) in [6.07, 6.45) is 3.57. The number of aryl methyl sites for hydroxylation is 1. The zero-order chi connectivity index (χ0) is 17.4. The number of likely N-dealkylation sites (tertiary alicyclic amines) is 1. The van der Waals surface area contributed by atoms with E-state index in [1.165, 1.54) is 5.56 Å². The molecule has 24 heavy (non-hydrogen) atoms. The molecule has 2 N–H and O–H groups in total. The van der Waals surface area contributed by atoms with Crippen molar-refractivity contribution in [3.05, 3.63) is 29.8 Å². The maximum absolute atomic E-state index is 12.2. The van der Waals surface area contributed by atoms with Crippen molar-refractivity contribution in [2.45, 2.75) is 39.5 Å². The first kappa shape index (κ1) is 18.5. The van der Waals surface area contributed by atoms with Gasteiger partial charge in [-0.3, -0.25) is 14.5 Å². The van der Waals surface area contributed by atoms with Crippen LogP contribution in [-0.2, 0) is 16.0 Å². The van der Waals surface area contributed by atoms with E-state index in [0.717, 1.165) is 51.0 Å². The lowest BCUT2D eigenvalue weighted by Crippen LogP contribution is -2.43. The second-order valence-electron chi connectivity index (χ2n) is 6.44. The number of nitrogens with zero attached hydrogens (tertiary/aromatic N) is 1. The van der Waals surface area contributed by atoms with Crippen LogP contribution in [0.1, 0.15) is 38.7 Å². The molecular formula is C19H29N3O2. The molecular weight excluding hydrogens is 302 g/mol. The minimum absolute atomic E-state index is 0.0112. The van der Waals surface area contributed by atoms with Gasteiger partial charge in [-0.2, -0.15) is 0 Å². The highest BCUT2D eigenvalue weighted by molar-refractivity contribution is 5.92. The van der Waals surface area contributed by atoms with Crippen molar-refractivity contribution in [2.75, 3.05) is 31.5 Å².